The molecule has 2 aromatic carbocycles. The molecular weight excluding hydrogens is 322 g/mol. The van der Waals surface area contributed by atoms with Crippen molar-refractivity contribution in [1.82, 2.24) is 4.90 Å². The third-order valence-corrected chi connectivity index (χ3v) is 4.94. The summed E-state index contributed by atoms with van der Waals surface area (Å²) in [5.41, 5.74) is 0.990. The molecule has 24 heavy (non-hydrogen) atoms. The van der Waals surface area contributed by atoms with Gasteiger partial charge < -0.3 is 5.11 Å². The number of carbonyl (C=O) groups is 1. The molecule has 0 saturated carbocycles. The first-order valence-electron chi connectivity index (χ1n) is 8.32. The van der Waals surface area contributed by atoms with Crippen LogP contribution in [0.2, 0.25) is 5.02 Å². The molecule has 0 amide bonds. The van der Waals surface area contributed by atoms with E-state index >= 15 is 0 Å². The van der Waals surface area contributed by atoms with Crippen LogP contribution in [0.3, 0.4) is 0 Å². The Morgan fingerprint density at radius 1 is 1.04 bits per heavy atom. The van der Waals surface area contributed by atoms with E-state index in [-0.39, 0.29) is 12.2 Å². The highest BCUT2D eigenvalue weighted by Gasteiger charge is 2.34. The number of aliphatic hydroxyl groups is 1. The maximum Gasteiger partial charge on any atom is 0.165 e. The van der Waals surface area contributed by atoms with Crippen molar-refractivity contribution in [1.29, 1.82) is 0 Å². The molecule has 1 N–H and O–H groups in total. The van der Waals surface area contributed by atoms with E-state index in [1.54, 1.807) is 24.3 Å². The lowest BCUT2D eigenvalue weighted by molar-refractivity contribution is -0.0241. The van der Waals surface area contributed by atoms with Crippen molar-refractivity contribution < 1.29 is 9.90 Å². The quantitative estimate of drug-likeness (QED) is 0.836. The molecule has 3 nitrogen and oxygen atoms in total. The van der Waals surface area contributed by atoms with E-state index in [1.807, 2.05) is 18.2 Å². The average molecular weight is 344 g/mol. The Kier molecular flexibility index (Phi) is 5.34. The monoisotopic (exact) mass is 343 g/mol. The van der Waals surface area contributed by atoms with Crippen LogP contribution in [-0.2, 0) is 6.54 Å². The molecule has 1 heterocycles. The number of piperidine rings is 1. The maximum atomic E-state index is 12.4. The summed E-state index contributed by atoms with van der Waals surface area (Å²) >= 11 is 5.85. The van der Waals surface area contributed by atoms with Crippen molar-refractivity contribution in [2.75, 3.05) is 13.1 Å². The minimum Gasteiger partial charge on any atom is -0.389 e. The predicted octanol–water partition coefficient (Wildman–Crippen LogP) is 3.94. The van der Waals surface area contributed by atoms with Gasteiger partial charge in [0.2, 0.25) is 0 Å². The Bertz CT molecular complexity index is 677. The molecule has 2 aromatic rings. The number of hydrogen-bond acceptors (Lipinski definition) is 3. The van der Waals surface area contributed by atoms with E-state index < -0.39 is 5.60 Å². The van der Waals surface area contributed by atoms with Crippen LogP contribution in [0.1, 0.15) is 35.2 Å². The second-order valence-corrected chi connectivity index (χ2v) is 7.03. The molecule has 1 aliphatic heterocycles. The molecule has 1 fully saturated rings. The highest BCUT2D eigenvalue weighted by Crippen LogP contribution is 2.28. The van der Waals surface area contributed by atoms with E-state index in [0.29, 0.717) is 23.4 Å². The zero-order valence-corrected chi connectivity index (χ0v) is 14.4. The number of benzene rings is 2. The Hall–Kier alpha value is -1.68. The van der Waals surface area contributed by atoms with Crippen molar-refractivity contribution in [3.05, 3.63) is 70.7 Å². The fraction of sp³-hybridized carbons (Fsp3) is 0.350. The number of halogens is 1. The summed E-state index contributed by atoms with van der Waals surface area (Å²) in [4.78, 5) is 14.7. The van der Waals surface area contributed by atoms with Crippen LogP contribution in [0, 0.1) is 0 Å². The van der Waals surface area contributed by atoms with Crippen LogP contribution in [0.5, 0.6) is 0 Å². The number of hydrogen-bond donors (Lipinski definition) is 1. The predicted molar refractivity (Wildman–Crippen MR) is 96.3 cm³/mol. The molecule has 0 aromatic heterocycles. The molecule has 126 valence electrons. The first-order chi connectivity index (χ1) is 11.5. The Labute approximate surface area is 147 Å². The molecule has 0 bridgehead atoms. The summed E-state index contributed by atoms with van der Waals surface area (Å²) < 4.78 is 0. The van der Waals surface area contributed by atoms with Gasteiger partial charge in [-0.1, -0.05) is 41.9 Å². The summed E-state index contributed by atoms with van der Waals surface area (Å²) in [6.45, 7) is 2.50. The third kappa shape index (κ3) is 4.44. The van der Waals surface area contributed by atoms with Gasteiger partial charge in [0.25, 0.3) is 0 Å². The first kappa shape index (κ1) is 17.2. The number of Topliss-reactive ketones (excluding diaryl/α,β-unsaturated/α-hetero) is 1. The molecule has 0 unspecified atom stereocenters. The van der Waals surface area contributed by atoms with Crippen LogP contribution in [0.4, 0.5) is 0 Å². The van der Waals surface area contributed by atoms with Gasteiger partial charge in [0.1, 0.15) is 0 Å². The van der Waals surface area contributed by atoms with Gasteiger partial charge >= 0.3 is 0 Å². The minimum atomic E-state index is -0.899. The molecule has 4 heteroatoms. The lowest BCUT2D eigenvalue weighted by Gasteiger charge is -2.38. The van der Waals surface area contributed by atoms with Gasteiger partial charge in [-0.25, -0.2) is 0 Å². The van der Waals surface area contributed by atoms with E-state index in [9.17, 15) is 9.90 Å². The van der Waals surface area contributed by atoms with Crippen molar-refractivity contribution in [3.8, 4) is 0 Å². The van der Waals surface area contributed by atoms with Crippen LogP contribution >= 0.6 is 11.6 Å². The number of carbonyl (C=O) groups excluding carboxylic acids is 1. The van der Waals surface area contributed by atoms with Gasteiger partial charge in [-0.2, -0.15) is 0 Å². The van der Waals surface area contributed by atoms with Gasteiger partial charge in [0.15, 0.2) is 5.78 Å². The second-order valence-electron chi connectivity index (χ2n) is 6.59. The van der Waals surface area contributed by atoms with Crippen molar-refractivity contribution in [2.24, 2.45) is 0 Å². The highest BCUT2D eigenvalue weighted by molar-refractivity contribution is 6.30. The topological polar surface area (TPSA) is 40.5 Å². The summed E-state index contributed by atoms with van der Waals surface area (Å²) in [6, 6.07) is 17.2. The smallest absolute Gasteiger partial charge is 0.165 e. The maximum absolute atomic E-state index is 12.4. The van der Waals surface area contributed by atoms with E-state index in [0.717, 1.165) is 19.6 Å². The van der Waals surface area contributed by atoms with E-state index in [4.69, 9.17) is 11.6 Å². The van der Waals surface area contributed by atoms with Crippen LogP contribution in [0.25, 0.3) is 0 Å². The molecule has 0 atom stereocenters. The highest BCUT2D eigenvalue weighted by atomic mass is 35.5. The van der Waals surface area contributed by atoms with Crippen LogP contribution < -0.4 is 0 Å². The third-order valence-electron chi connectivity index (χ3n) is 4.69. The summed E-state index contributed by atoms with van der Waals surface area (Å²) in [6.07, 6.45) is 1.42. The summed E-state index contributed by atoms with van der Waals surface area (Å²) in [5, 5.41) is 11.4. The SMILES string of the molecule is O=C(CC1(O)CCN(Cc2ccccc2)CC1)c1ccc(Cl)cc1. The second kappa shape index (κ2) is 7.47. The standard InChI is InChI=1S/C20H22ClNO2/c21-18-8-6-17(7-9-18)19(23)14-20(24)10-12-22(13-11-20)15-16-4-2-1-3-5-16/h1-9,24H,10-15H2. The van der Waals surface area contributed by atoms with Crippen LogP contribution in [-0.4, -0.2) is 34.5 Å². The first-order valence-corrected chi connectivity index (χ1v) is 8.69. The summed E-state index contributed by atoms with van der Waals surface area (Å²) in [7, 11) is 0. The fourth-order valence-electron chi connectivity index (χ4n) is 3.18. The Morgan fingerprint density at radius 3 is 2.29 bits per heavy atom. The number of ketones is 1. The molecular formula is C20H22ClNO2. The summed E-state index contributed by atoms with van der Waals surface area (Å²) in [5.74, 6) is -0.0225. The zero-order valence-electron chi connectivity index (χ0n) is 13.6. The van der Waals surface area contributed by atoms with Gasteiger partial charge in [-0.15, -0.1) is 0 Å². The molecule has 1 saturated heterocycles. The van der Waals surface area contributed by atoms with Crippen LogP contribution in [0.15, 0.2) is 54.6 Å². The lowest BCUT2D eigenvalue weighted by atomic mass is 9.85. The Balaban J connectivity index is 1.54. The lowest BCUT2D eigenvalue weighted by Crippen LogP contribution is -2.45. The average Bonchev–Trinajstić information content (AvgIpc) is 2.58. The zero-order chi connectivity index (χ0) is 17.0. The number of nitrogens with zero attached hydrogens (tertiary/aromatic N) is 1. The largest absolute Gasteiger partial charge is 0.389 e. The fourth-order valence-corrected chi connectivity index (χ4v) is 3.31. The molecule has 1 aliphatic rings. The normalized spacial score (nSPS) is 17.6. The van der Waals surface area contributed by atoms with Crippen molar-refractivity contribution in [2.45, 2.75) is 31.4 Å². The molecule has 0 aliphatic carbocycles. The Morgan fingerprint density at radius 2 is 1.67 bits per heavy atom. The number of rotatable bonds is 5. The van der Waals surface area contributed by atoms with Crippen molar-refractivity contribution in [3.63, 3.8) is 0 Å². The van der Waals surface area contributed by atoms with Gasteiger partial charge in [-0.3, -0.25) is 9.69 Å². The molecule has 3 rings (SSSR count). The van der Waals surface area contributed by atoms with E-state index in [1.165, 1.54) is 5.56 Å². The van der Waals surface area contributed by atoms with Gasteiger partial charge in [0.05, 0.1) is 5.60 Å². The minimum absolute atomic E-state index is 0.0225. The van der Waals surface area contributed by atoms with Gasteiger partial charge in [0, 0.05) is 36.6 Å². The van der Waals surface area contributed by atoms with Gasteiger partial charge in [-0.05, 0) is 42.7 Å². The number of likely N-dealkylation sites (tertiary alicyclic amines) is 1. The molecule has 0 radical (unpaired) electrons. The van der Waals surface area contributed by atoms with E-state index in [2.05, 4.69) is 17.0 Å². The molecule has 0 spiro atoms. The van der Waals surface area contributed by atoms with Crippen molar-refractivity contribution >= 4 is 17.4 Å².